The molecule has 0 unspecified atom stereocenters. The average molecular weight is 178 g/mol. The van der Waals surface area contributed by atoms with E-state index in [0.29, 0.717) is 0 Å². The predicted octanol–water partition coefficient (Wildman–Crippen LogP) is 4.67. The molecule has 13 heavy (non-hydrogen) atoms. The van der Waals surface area contributed by atoms with Crippen LogP contribution in [0.5, 0.6) is 0 Å². The van der Waals surface area contributed by atoms with Crippen LogP contribution in [-0.2, 0) is 0 Å². The van der Waals surface area contributed by atoms with Gasteiger partial charge in [0.25, 0.3) is 0 Å². The fourth-order valence-corrected chi connectivity index (χ4v) is 0.254. The number of allylic oxidation sites excluding steroid dienone is 6. The Labute approximate surface area is 83.4 Å². The van der Waals surface area contributed by atoms with E-state index in [1.165, 1.54) is 11.1 Å². The first kappa shape index (κ1) is 14.5. The molecule has 0 bridgehead atoms. The second-order valence-electron chi connectivity index (χ2n) is 3.35. The molecule has 0 nitrogen and oxygen atoms in total. The standard InChI is InChI=1S/C7H10.C6H12/c1-4-6-7(3)5-2;1-5(2)6(3)4/h4-6H,1-2H2,3H3;1-4H3/b7-6-;. The molecule has 0 spiro atoms. The highest BCUT2D eigenvalue weighted by molar-refractivity contribution is 5.17. The van der Waals surface area contributed by atoms with E-state index in [0.717, 1.165) is 5.57 Å². The second-order valence-corrected chi connectivity index (χ2v) is 3.35. The molecule has 0 N–H and O–H groups in total. The van der Waals surface area contributed by atoms with Crippen molar-refractivity contribution in [3.05, 3.63) is 48.1 Å². The maximum Gasteiger partial charge on any atom is -0.0398 e. The summed E-state index contributed by atoms with van der Waals surface area (Å²) >= 11 is 0. The van der Waals surface area contributed by atoms with Crippen LogP contribution in [0, 0.1) is 0 Å². The lowest BCUT2D eigenvalue weighted by atomic mass is 10.2. The van der Waals surface area contributed by atoms with Crippen molar-refractivity contribution in [2.45, 2.75) is 34.6 Å². The van der Waals surface area contributed by atoms with Crippen molar-refractivity contribution in [3.8, 4) is 0 Å². The summed E-state index contributed by atoms with van der Waals surface area (Å²) in [5.74, 6) is 0. The van der Waals surface area contributed by atoms with Gasteiger partial charge in [-0.3, -0.25) is 0 Å². The zero-order valence-electron chi connectivity index (χ0n) is 9.65. The summed E-state index contributed by atoms with van der Waals surface area (Å²) in [5, 5.41) is 0. The Balaban J connectivity index is 0. The summed E-state index contributed by atoms with van der Waals surface area (Å²) < 4.78 is 0. The summed E-state index contributed by atoms with van der Waals surface area (Å²) in [6.45, 7) is 17.5. The first-order chi connectivity index (χ1) is 5.95. The molecule has 0 aromatic carbocycles. The van der Waals surface area contributed by atoms with E-state index in [9.17, 15) is 0 Å². The first-order valence-corrected chi connectivity index (χ1v) is 4.48. The molecule has 0 radical (unpaired) electrons. The van der Waals surface area contributed by atoms with Crippen LogP contribution in [0.2, 0.25) is 0 Å². The van der Waals surface area contributed by atoms with E-state index in [4.69, 9.17) is 0 Å². The third-order valence-electron chi connectivity index (χ3n) is 1.70. The van der Waals surface area contributed by atoms with E-state index in [1.54, 1.807) is 12.2 Å². The molecule has 0 heteroatoms. The van der Waals surface area contributed by atoms with E-state index in [2.05, 4.69) is 40.9 Å². The van der Waals surface area contributed by atoms with Crippen molar-refractivity contribution in [1.29, 1.82) is 0 Å². The molecule has 0 aromatic rings. The van der Waals surface area contributed by atoms with Crippen molar-refractivity contribution in [2.24, 2.45) is 0 Å². The average Bonchev–Trinajstić information content (AvgIpc) is 2.05. The highest BCUT2D eigenvalue weighted by atomic mass is 13.8. The topological polar surface area (TPSA) is 0 Å². The molecule has 0 amide bonds. The Hall–Kier alpha value is -1.04. The normalized spacial score (nSPS) is 9.46. The minimum absolute atomic E-state index is 1.15. The van der Waals surface area contributed by atoms with Crippen LogP contribution >= 0.6 is 0 Å². The van der Waals surface area contributed by atoms with Crippen molar-refractivity contribution in [1.82, 2.24) is 0 Å². The van der Waals surface area contributed by atoms with Crippen molar-refractivity contribution >= 4 is 0 Å². The highest BCUT2D eigenvalue weighted by Gasteiger charge is 1.75. The second kappa shape index (κ2) is 9.05. The van der Waals surface area contributed by atoms with E-state index in [1.807, 2.05) is 13.0 Å². The van der Waals surface area contributed by atoms with Crippen LogP contribution in [0.4, 0.5) is 0 Å². The summed E-state index contributed by atoms with van der Waals surface area (Å²) in [7, 11) is 0. The van der Waals surface area contributed by atoms with Crippen molar-refractivity contribution in [3.63, 3.8) is 0 Å². The monoisotopic (exact) mass is 178 g/mol. The fourth-order valence-electron chi connectivity index (χ4n) is 0.254. The Bertz CT molecular complexity index is 196. The predicted molar refractivity (Wildman–Crippen MR) is 63.9 cm³/mol. The Morgan fingerprint density at radius 1 is 0.846 bits per heavy atom. The van der Waals surface area contributed by atoms with Gasteiger partial charge in [-0.15, -0.1) is 0 Å². The van der Waals surface area contributed by atoms with Crippen LogP contribution in [0.25, 0.3) is 0 Å². The smallest absolute Gasteiger partial charge is 0.0398 e. The van der Waals surface area contributed by atoms with Crippen molar-refractivity contribution < 1.29 is 0 Å². The molecule has 0 aliphatic rings. The van der Waals surface area contributed by atoms with Gasteiger partial charge in [-0.2, -0.15) is 0 Å². The number of hydrogen-bond acceptors (Lipinski definition) is 0. The van der Waals surface area contributed by atoms with Gasteiger partial charge < -0.3 is 0 Å². The molecule has 0 saturated heterocycles. The summed E-state index contributed by atoms with van der Waals surface area (Å²) in [6, 6.07) is 0. The lowest BCUT2D eigenvalue weighted by molar-refractivity contribution is 1.23. The number of rotatable bonds is 2. The molecule has 0 fully saturated rings. The Morgan fingerprint density at radius 3 is 1.31 bits per heavy atom. The van der Waals surface area contributed by atoms with Crippen LogP contribution in [-0.4, -0.2) is 0 Å². The fraction of sp³-hybridized carbons (Fsp3) is 0.385. The molecule has 0 atom stereocenters. The van der Waals surface area contributed by atoms with Crippen LogP contribution < -0.4 is 0 Å². The Kier molecular flexibility index (Phi) is 10.1. The first-order valence-electron chi connectivity index (χ1n) is 4.48. The molecule has 0 heterocycles. The van der Waals surface area contributed by atoms with Crippen LogP contribution in [0.1, 0.15) is 34.6 Å². The van der Waals surface area contributed by atoms with Gasteiger partial charge in [0.05, 0.1) is 0 Å². The SMILES string of the molecule is C=C/C=C(/C)C=C.CC(C)=C(C)C. The summed E-state index contributed by atoms with van der Waals surface area (Å²) in [4.78, 5) is 0. The maximum absolute atomic E-state index is 3.56. The molecule has 0 rings (SSSR count). The molecule has 0 aromatic heterocycles. The van der Waals surface area contributed by atoms with Gasteiger partial charge in [0.15, 0.2) is 0 Å². The van der Waals surface area contributed by atoms with E-state index in [-0.39, 0.29) is 0 Å². The minimum atomic E-state index is 1.15. The van der Waals surface area contributed by atoms with E-state index < -0.39 is 0 Å². The van der Waals surface area contributed by atoms with Gasteiger partial charge in [0.1, 0.15) is 0 Å². The van der Waals surface area contributed by atoms with Gasteiger partial charge in [-0.1, -0.05) is 48.1 Å². The third-order valence-corrected chi connectivity index (χ3v) is 1.70. The lowest BCUT2D eigenvalue weighted by Gasteiger charge is -1.88. The molecular formula is C13H22. The van der Waals surface area contributed by atoms with Crippen LogP contribution in [0.3, 0.4) is 0 Å². The molecule has 0 aliphatic heterocycles. The highest BCUT2D eigenvalue weighted by Crippen LogP contribution is 1.97. The van der Waals surface area contributed by atoms with E-state index >= 15 is 0 Å². The lowest BCUT2D eigenvalue weighted by Crippen LogP contribution is -1.66. The minimum Gasteiger partial charge on any atom is -0.0991 e. The molecule has 0 aliphatic carbocycles. The quantitative estimate of drug-likeness (QED) is 0.426. The Morgan fingerprint density at radius 2 is 1.23 bits per heavy atom. The zero-order chi connectivity index (χ0) is 10.9. The van der Waals surface area contributed by atoms with Gasteiger partial charge in [-0.05, 0) is 34.6 Å². The maximum atomic E-state index is 3.56. The zero-order valence-corrected chi connectivity index (χ0v) is 9.65. The van der Waals surface area contributed by atoms with Gasteiger partial charge in [0, 0.05) is 0 Å². The van der Waals surface area contributed by atoms with Gasteiger partial charge in [0.2, 0.25) is 0 Å². The molecule has 0 saturated carbocycles. The van der Waals surface area contributed by atoms with Crippen molar-refractivity contribution in [2.75, 3.05) is 0 Å². The largest absolute Gasteiger partial charge is 0.0991 e. The third kappa shape index (κ3) is 13.9. The molecular weight excluding hydrogens is 156 g/mol. The van der Waals surface area contributed by atoms with Gasteiger partial charge >= 0.3 is 0 Å². The van der Waals surface area contributed by atoms with Gasteiger partial charge in [-0.25, -0.2) is 0 Å². The van der Waals surface area contributed by atoms with Crippen LogP contribution in [0.15, 0.2) is 48.1 Å². The molecule has 74 valence electrons. The summed E-state index contributed by atoms with van der Waals surface area (Å²) in [6.07, 6.45) is 5.45. The number of hydrogen-bond donors (Lipinski definition) is 0. The summed E-state index contributed by atoms with van der Waals surface area (Å²) in [5.41, 5.74) is 4.00.